The largest absolute Gasteiger partial charge is 0.481 e. The van der Waals surface area contributed by atoms with Crippen LogP contribution in [0.4, 0.5) is 0 Å². The standard InChI is InChI=1S/C13H15N5O2/c1-9-7-10(3-6-14-9)11-15-16-17-18(11)8-13(12(19)20)4-2-5-13/h3,6-7H,2,4-5,8H2,1H3,(H,19,20). The van der Waals surface area contributed by atoms with Crippen LogP contribution in [0.25, 0.3) is 11.4 Å². The fourth-order valence-electron chi connectivity index (χ4n) is 2.53. The summed E-state index contributed by atoms with van der Waals surface area (Å²) in [5, 5.41) is 21.0. The van der Waals surface area contributed by atoms with Crippen LogP contribution in [-0.4, -0.2) is 36.3 Å². The summed E-state index contributed by atoms with van der Waals surface area (Å²) in [6.45, 7) is 2.20. The molecule has 104 valence electrons. The van der Waals surface area contributed by atoms with Gasteiger partial charge in [-0.15, -0.1) is 5.10 Å². The van der Waals surface area contributed by atoms with Crippen LogP contribution in [0, 0.1) is 12.3 Å². The van der Waals surface area contributed by atoms with Crippen LogP contribution < -0.4 is 0 Å². The van der Waals surface area contributed by atoms with Crippen LogP contribution in [0.1, 0.15) is 25.0 Å². The normalized spacial score (nSPS) is 16.6. The molecule has 0 aromatic carbocycles. The molecule has 0 saturated heterocycles. The van der Waals surface area contributed by atoms with Crippen LogP contribution in [0.2, 0.25) is 0 Å². The minimum atomic E-state index is -0.767. The molecule has 0 spiro atoms. The van der Waals surface area contributed by atoms with E-state index >= 15 is 0 Å². The number of carboxylic acids is 1. The summed E-state index contributed by atoms with van der Waals surface area (Å²) < 4.78 is 1.59. The van der Waals surface area contributed by atoms with Crippen molar-refractivity contribution in [1.82, 2.24) is 25.2 Å². The molecule has 3 rings (SSSR count). The van der Waals surface area contributed by atoms with Crippen LogP contribution in [-0.2, 0) is 11.3 Å². The molecule has 7 nitrogen and oxygen atoms in total. The maximum absolute atomic E-state index is 11.4. The highest BCUT2D eigenvalue weighted by atomic mass is 16.4. The Labute approximate surface area is 115 Å². The molecule has 1 N–H and O–H groups in total. The summed E-state index contributed by atoms with van der Waals surface area (Å²) in [5.41, 5.74) is 1.00. The Morgan fingerprint density at radius 3 is 2.90 bits per heavy atom. The van der Waals surface area contributed by atoms with Gasteiger partial charge in [0.25, 0.3) is 0 Å². The molecular weight excluding hydrogens is 258 g/mol. The SMILES string of the molecule is Cc1cc(-c2nnnn2CC2(C(=O)O)CCC2)ccn1. The highest BCUT2D eigenvalue weighted by Gasteiger charge is 2.45. The lowest BCUT2D eigenvalue weighted by atomic mass is 9.69. The van der Waals surface area contributed by atoms with Gasteiger partial charge < -0.3 is 5.11 Å². The lowest BCUT2D eigenvalue weighted by Gasteiger charge is -2.37. The number of pyridine rings is 1. The fourth-order valence-corrected chi connectivity index (χ4v) is 2.53. The lowest BCUT2D eigenvalue weighted by molar-refractivity contribution is -0.156. The van der Waals surface area contributed by atoms with Gasteiger partial charge in [-0.2, -0.15) is 0 Å². The molecule has 0 unspecified atom stereocenters. The molecule has 1 fully saturated rings. The summed E-state index contributed by atoms with van der Waals surface area (Å²) in [4.78, 5) is 15.6. The predicted octanol–water partition coefficient (Wildman–Crippen LogP) is 1.30. The van der Waals surface area contributed by atoms with Gasteiger partial charge in [0.2, 0.25) is 0 Å². The maximum Gasteiger partial charge on any atom is 0.311 e. The Balaban J connectivity index is 1.93. The van der Waals surface area contributed by atoms with E-state index in [1.165, 1.54) is 0 Å². The highest BCUT2D eigenvalue weighted by Crippen LogP contribution is 2.42. The maximum atomic E-state index is 11.4. The predicted molar refractivity (Wildman–Crippen MR) is 69.7 cm³/mol. The zero-order chi connectivity index (χ0) is 14.2. The van der Waals surface area contributed by atoms with E-state index in [1.807, 2.05) is 19.1 Å². The van der Waals surface area contributed by atoms with E-state index in [2.05, 4.69) is 20.5 Å². The van der Waals surface area contributed by atoms with Gasteiger partial charge >= 0.3 is 5.97 Å². The van der Waals surface area contributed by atoms with Crippen molar-refractivity contribution in [3.8, 4) is 11.4 Å². The molecule has 2 aromatic heterocycles. The van der Waals surface area contributed by atoms with E-state index in [0.717, 1.165) is 17.7 Å². The Bertz CT molecular complexity index is 648. The minimum absolute atomic E-state index is 0.312. The molecular formula is C13H15N5O2. The molecule has 0 amide bonds. The van der Waals surface area contributed by atoms with Gasteiger partial charge in [0.1, 0.15) is 0 Å². The first kappa shape index (κ1) is 12.7. The molecule has 1 aliphatic rings. The summed E-state index contributed by atoms with van der Waals surface area (Å²) in [5.74, 6) is -0.181. The van der Waals surface area contributed by atoms with Crippen molar-refractivity contribution in [2.75, 3.05) is 0 Å². The highest BCUT2D eigenvalue weighted by molar-refractivity contribution is 5.75. The van der Waals surface area contributed by atoms with Gasteiger partial charge in [-0.05, 0) is 42.3 Å². The first-order valence-corrected chi connectivity index (χ1v) is 6.53. The first-order valence-electron chi connectivity index (χ1n) is 6.53. The van der Waals surface area contributed by atoms with E-state index < -0.39 is 11.4 Å². The molecule has 0 bridgehead atoms. The molecule has 1 aliphatic carbocycles. The second kappa shape index (κ2) is 4.66. The van der Waals surface area contributed by atoms with E-state index in [0.29, 0.717) is 25.2 Å². The van der Waals surface area contributed by atoms with Crippen molar-refractivity contribution < 1.29 is 9.90 Å². The zero-order valence-corrected chi connectivity index (χ0v) is 11.2. The van der Waals surface area contributed by atoms with E-state index in [1.54, 1.807) is 10.9 Å². The van der Waals surface area contributed by atoms with Crippen molar-refractivity contribution in [2.45, 2.75) is 32.7 Å². The third-order valence-corrected chi connectivity index (χ3v) is 3.90. The van der Waals surface area contributed by atoms with Crippen LogP contribution in [0.5, 0.6) is 0 Å². The second-order valence-corrected chi connectivity index (χ2v) is 5.29. The van der Waals surface area contributed by atoms with Crippen molar-refractivity contribution >= 4 is 5.97 Å². The van der Waals surface area contributed by atoms with Gasteiger partial charge in [-0.25, -0.2) is 4.68 Å². The number of hydrogen-bond donors (Lipinski definition) is 1. The average Bonchev–Trinajstić information content (AvgIpc) is 2.81. The smallest absolute Gasteiger partial charge is 0.311 e. The molecule has 2 heterocycles. The summed E-state index contributed by atoms with van der Waals surface area (Å²) in [6, 6.07) is 3.71. The van der Waals surface area contributed by atoms with Gasteiger partial charge in [0.05, 0.1) is 12.0 Å². The number of aryl methyl sites for hydroxylation is 1. The van der Waals surface area contributed by atoms with E-state index in [9.17, 15) is 9.90 Å². The van der Waals surface area contributed by atoms with E-state index in [-0.39, 0.29) is 0 Å². The zero-order valence-electron chi connectivity index (χ0n) is 11.2. The third-order valence-electron chi connectivity index (χ3n) is 3.90. The summed E-state index contributed by atoms with van der Waals surface area (Å²) in [6.07, 6.45) is 3.99. The molecule has 7 heteroatoms. The molecule has 20 heavy (non-hydrogen) atoms. The number of tetrazole rings is 1. The van der Waals surface area contributed by atoms with E-state index in [4.69, 9.17) is 0 Å². The van der Waals surface area contributed by atoms with Crippen LogP contribution in [0.3, 0.4) is 0 Å². The Morgan fingerprint density at radius 2 is 2.30 bits per heavy atom. The number of carboxylic acid groups (broad SMARTS) is 1. The average molecular weight is 273 g/mol. The van der Waals surface area contributed by atoms with Gasteiger partial charge in [-0.1, -0.05) is 6.42 Å². The van der Waals surface area contributed by atoms with Gasteiger partial charge in [-0.3, -0.25) is 9.78 Å². The second-order valence-electron chi connectivity index (χ2n) is 5.29. The first-order chi connectivity index (χ1) is 9.61. The Morgan fingerprint density at radius 1 is 1.50 bits per heavy atom. The topological polar surface area (TPSA) is 93.8 Å². The van der Waals surface area contributed by atoms with Crippen molar-refractivity contribution in [2.24, 2.45) is 5.41 Å². The number of hydrogen-bond acceptors (Lipinski definition) is 5. The molecule has 0 atom stereocenters. The van der Waals surface area contributed by atoms with Crippen LogP contribution >= 0.6 is 0 Å². The Hall–Kier alpha value is -2.31. The van der Waals surface area contributed by atoms with Crippen molar-refractivity contribution in [1.29, 1.82) is 0 Å². The number of carbonyl (C=O) groups is 1. The number of nitrogens with zero attached hydrogens (tertiary/aromatic N) is 5. The Kier molecular flexibility index (Phi) is 2.96. The van der Waals surface area contributed by atoms with Crippen LogP contribution in [0.15, 0.2) is 18.3 Å². The number of aromatic nitrogens is 5. The molecule has 1 saturated carbocycles. The fraction of sp³-hybridized carbons (Fsp3) is 0.462. The number of rotatable bonds is 4. The lowest BCUT2D eigenvalue weighted by Crippen LogP contribution is -2.42. The summed E-state index contributed by atoms with van der Waals surface area (Å²) >= 11 is 0. The van der Waals surface area contributed by atoms with Gasteiger partial charge in [0, 0.05) is 17.5 Å². The molecule has 0 aliphatic heterocycles. The minimum Gasteiger partial charge on any atom is -0.481 e. The third kappa shape index (κ3) is 2.04. The molecule has 0 radical (unpaired) electrons. The molecule has 2 aromatic rings. The summed E-state index contributed by atoms with van der Waals surface area (Å²) in [7, 11) is 0. The van der Waals surface area contributed by atoms with Gasteiger partial charge in [0.15, 0.2) is 5.82 Å². The van der Waals surface area contributed by atoms with Crippen molar-refractivity contribution in [3.05, 3.63) is 24.0 Å². The number of aliphatic carboxylic acids is 1. The quantitative estimate of drug-likeness (QED) is 0.902. The monoisotopic (exact) mass is 273 g/mol. The van der Waals surface area contributed by atoms with Crippen molar-refractivity contribution in [3.63, 3.8) is 0 Å².